The third-order valence-corrected chi connectivity index (χ3v) is 5.72. The van der Waals surface area contributed by atoms with E-state index in [0.717, 1.165) is 19.4 Å². The van der Waals surface area contributed by atoms with Crippen molar-refractivity contribution >= 4 is 27.3 Å². The zero-order valence-corrected chi connectivity index (χ0v) is 14.3. The topological polar surface area (TPSA) is 21.3 Å². The molecule has 1 saturated carbocycles. The Labute approximate surface area is 129 Å². The quantitative estimate of drug-likeness (QED) is 0.754. The fourth-order valence-electron chi connectivity index (χ4n) is 2.78. The molecular weight excluding hydrogens is 322 g/mol. The summed E-state index contributed by atoms with van der Waals surface area (Å²) in [5.74, 6) is 0. The van der Waals surface area contributed by atoms with E-state index >= 15 is 0 Å². The van der Waals surface area contributed by atoms with Crippen LogP contribution in [0.4, 0.5) is 0 Å². The normalized spacial score (nSPS) is 19.1. The SMILES string of the molecule is CCCNC(Cc1ccc(Br)s1)CC1(OC)CCC1. The van der Waals surface area contributed by atoms with Gasteiger partial charge in [-0.3, -0.25) is 0 Å². The summed E-state index contributed by atoms with van der Waals surface area (Å²) < 4.78 is 7.01. The molecule has 1 heterocycles. The zero-order chi connectivity index (χ0) is 13.7. The third kappa shape index (κ3) is 4.28. The molecule has 0 amide bonds. The highest BCUT2D eigenvalue weighted by Gasteiger charge is 2.38. The minimum Gasteiger partial charge on any atom is -0.378 e. The van der Waals surface area contributed by atoms with Gasteiger partial charge in [0.15, 0.2) is 0 Å². The van der Waals surface area contributed by atoms with Gasteiger partial charge in [-0.2, -0.15) is 0 Å². The van der Waals surface area contributed by atoms with Crippen LogP contribution < -0.4 is 5.32 Å². The fourth-order valence-corrected chi connectivity index (χ4v) is 4.34. The first kappa shape index (κ1) is 15.5. The number of methoxy groups -OCH3 is 1. The van der Waals surface area contributed by atoms with E-state index < -0.39 is 0 Å². The Bertz CT molecular complexity index is 384. The van der Waals surface area contributed by atoms with Crippen LogP contribution in [0.1, 0.15) is 43.9 Å². The number of hydrogen-bond acceptors (Lipinski definition) is 3. The molecule has 0 spiro atoms. The van der Waals surface area contributed by atoms with Gasteiger partial charge in [0.1, 0.15) is 0 Å². The van der Waals surface area contributed by atoms with Gasteiger partial charge in [-0.05, 0) is 73.1 Å². The molecule has 0 radical (unpaired) electrons. The zero-order valence-electron chi connectivity index (χ0n) is 11.9. The molecule has 1 unspecified atom stereocenters. The predicted molar refractivity (Wildman–Crippen MR) is 86.0 cm³/mol. The molecule has 1 atom stereocenters. The molecule has 1 fully saturated rings. The van der Waals surface area contributed by atoms with E-state index in [0.29, 0.717) is 6.04 Å². The highest BCUT2D eigenvalue weighted by Crippen LogP contribution is 2.39. The van der Waals surface area contributed by atoms with Crippen LogP contribution >= 0.6 is 27.3 Å². The highest BCUT2D eigenvalue weighted by molar-refractivity contribution is 9.11. The summed E-state index contributed by atoms with van der Waals surface area (Å²) in [6.45, 7) is 3.32. The monoisotopic (exact) mass is 345 g/mol. The Morgan fingerprint density at radius 2 is 2.26 bits per heavy atom. The first-order valence-electron chi connectivity index (χ1n) is 7.20. The molecule has 0 aromatic carbocycles. The van der Waals surface area contributed by atoms with Crippen LogP contribution in [0.2, 0.25) is 0 Å². The third-order valence-electron chi connectivity index (χ3n) is 4.08. The van der Waals surface area contributed by atoms with Crippen molar-refractivity contribution in [1.29, 1.82) is 0 Å². The van der Waals surface area contributed by atoms with E-state index in [4.69, 9.17) is 4.74 Å². The summed E-state index contributed by atoms with van der Waals surface area (Å²) in [7, 11) is 1.87. The van der Waals surface area contributed by atoms with Gasteiger partial charge in [0.25, 0.3) is 0 Å². The molecule has 0 bridgehead atoms. The molecule has 4 heteroatoms. The summed E-state index contributed by atoms with van der Waals surface area (Å²) in [6.07, 6.45) is 7.20. The van der Waals surface area contributed by atoms with Gasteiger partial charge in [0, 0.05) is 18.0 Å². The molecule has 1 N–H and O–H groups in total. The van der Waals surface area contributed by atoms with Crippen molar-refractivity contribution in [3.8, 4) is 0 Å². The number of rotatable bonds is 8. The first-order valence-corrected chi connectivity index (χ1v) is 8.81. The van der Waals surface area contributed by atoms with Gasteiger partial charge in [-0.1, -0.05) is 6.92 Å². The van der Waals surface area contributed by atoms with E-state index in [1.54, 1.807) is 0 Å². The van der Waals surface area contributed by atoms with E-state index in [-0.39, 0.29) is 5.60 Å². The van der Waals surface area contributed by atoms with Crippen molar-refractivity contribution in [2.45, 2.75) is 57.1 Å². The lowest BCUT2D eigenvalue weighted by molar-refractivity contribution is -0.0833. The van der Waals surface area contributed by atoms with Crippen molar-refractivity contribution in [3.63, 3.8) is 0 Å². The minimum atomic E-state index is 0.153. The fraction of sp³-hybridized carbons (Fsp3) is 0.733. The highest BCUT2D eigenvalue weighted by atomic mass is 79.9. The molecule has 19 heavy (non-hydrogen) atoms. The smallest absolute Gasteiger partial charge is 0.0701 e. The van der Waals surface area contributed by atoms with Gasteiger partial charge in [-0.25, -0.2) is 0 Å². The van der Waals surface area contributed by atoms with Gasteiger partial charge >= 0.3 is 0 Å². The number of hydrogen-bond donors (Lipinski definition) is 1. The molecule has 108 valence electrons. The van der Waals surface area contributed by atoms with Gasteiger partial charge in [0.2, 0.25) is 0 Å². The van der Waals surface area contributed by atoms with Crippen molar-refractivity contribution in [2.75, 3.05) is 13.7 Å². The lowest BCUT2D eigenvalue weighted by Gasteiger charge is -2.43. The molecule has 1 aliphatic carbocycles. The Morgan fingerprint density at radius 1 is 1.47 bits per heavy atom. The second-order valence-electron chi connectivity index (χ2n) is 5.51. The molecule has 2 rings (SSSR count). The summed E-state index contributed by atoms with van der Waals surface area (Å²) >= 11 is 5.39. The maximum atomic E-state index is 5.78. The minimum absolute atomic E-state index is 0.153. The summed E-state index contributed by atoms with van der Waals surface area (Å²) in [6, 6.07) is 4.91. The number of nitrogens with one attached hydrogen (secondary N) is 1. The first-order chi connectivity index (χ1) is 9.17. The number of halogens is 1. The summed E-state index contributed by atoms with van der Waals surface area (Å²) in [5, 5.41) is 3.70. The number of ether oxygens (including phenoxy) is 1. The van der Waals surface area contributed by atoms with Crippen molar-refractivity contribution < 1.29 is 4.74 Å². The van der Waals surface area contributed by atoms with Crippen LogP contribution in [-0.2, 0) is 11.2 Å². The van der Waals surface area contributed by atoms with Crippen molar-refractivity contribution in [3.05, 3.63) is 20.8 Å². The predicted octanol–water partition coefficient (Wildman–Crippen LogP) is 4.38. The van der Waals surface area contributed by atoms with Crippen LogP contribution in [0.5, 0.6) is 0 Å². The maximum Gasteiger partial charge on any atom is 0.0701 e. The van der Waals surface area contributed by atoms with E-state index in [1.807, 2.05) is 18.4 Å². The van der Waals surface area contributed by atoms with Crippen LogP contribution in [0.25, 0.3) is 0 Å². The molecular formula is C15H24BrNOS. The average molecular weight is 346 g/mol. The summed E-state index contributed by atoms with van der Waals surface area (Å²) in [5.41, 5.74) is 0.153. The lowest BCUT2D eigenvalue weighted by atomic mass is 9.75. The molecule has 1 aliphatic rings. The second kappa shape index (κ2) is 7.21. The van der Waals surface area contributed by atoms with Crippen molar-refractivity contribution in [1.82, 2.24) is 5.32 Å². The second-order valence-corrected chi connectivity index (χ2v) is 8.05. The van der Waals surface area contributed by atoms with Gasteiger partial charge in [-0.15, -0.1) is 11.3 Å². The molecule has 1 aromatic heterocycles. The van der Waals surface area contributed by atoms with E-state index in [1.165, 1.54) is 34.3 Å². The largest absolute Gasteiger partial charge is 0.378 e. The molecule has 2 nitrogen and oxygen atoms in total. The van der Waals surface area contributed by atoms with E-state index in [2.05, 4.69) is 40.3 Å². The van der Waals surface area contributed by atoms with Crippen LogP contribution in [0.15, 0.2) is 15.9 Å². The van der Waals surface area contributed by atoms with Gasteiger partial charge < -0.3 is 10.1 Å². The van der Waals surface area contributed by atoms with Gasteiger partial charge in [0.05, 0.1) is 9.39 Å². The number of thiophene rings is 1. The maximum absolute atomic E-state index is 5.78. The Hall–Kier alpha value is 0.1000. The average Bonchev–Trinajstić information content (AvgIpc) is 2.76. The Morgan fingerprint density at radius 3 is 2.74 bits per heavy atom. The lowest BCUT2D eigenvalue weighted by Crippen LogP contribution is -2.46. The van der Waals surface area contributed by atoms with Crippen LogP contribution in [0.3, 0.4) is 0 Å². The molecule has 1 aromatic rings. The molecule has 0 saturated heterocycles. The molecule has 0 aliphatic heterocycles. The summed E-state index contributed by atoms with van der Waals surface area (Å²) in [4.78, 5) is 1.45. The van der Waals surface area contributed by atoms with E-state index in [9.17, 15) is 0 Å². The Kier molecular flexibility index (Phi) is 5.87. The van der Waals surface area contributed by atoms with Crippen LogP contribution in [0, 0.1) is 0 Å². The standard InChI is InChI=1S/C15H24BrNOS/c1-3-9-17-12(10-13-5-6-14(16)19-13)11-15(18-2)7-4-8-15/h5-6,12,17H,3-4,7-11H2,1-2H3. The Balaban J connectivity index is 1.94. The van der Waals surface area contributed by atoms with Crippen molar-refractivity contribution in [2.24, 2.45) is 0 Å². The van der Waals surface area contributed by atoms with Crippen LogP contribution in [-0.4, -0.2) is 25.3 Å².